The number of unbranched alkanes of at least 4 members (excludes halogenated alkanes) is 1. The Kier molecular flexibility index (Phi) is 4.77. The fourth-order valence-electron chi connectivity index (χ4n) is 2.03. The number of imidazole rings is 1. The first-order chi connectivity index (χ1) is 9.50. The average Bonchev–Trinajstić information content (AvgIpc) is 2.78. The van der Waals surface area contributed by atoms with Gasteiger partial charge in [-0.15, -0.1) is 0 Å². The highest BCUT2D eigenvalue weighted by molar-refractivity contribution is 7.89. The normalized spacial score (nSPS) is 12.1. The summed E-state index contributed by atoms with van der Waals surface area (Å²) in [5.74, 6) is 1.01. The van der Waals surface area contributed by atoms with Gasteiger partial charge >= 0.3 is 0 Å². The van der Waals surface area contributed by atoms with Crippen molar-refractivity contribution >= 4 is 21.1 Å². The number of nitrogens with zero attached hydrogens (tertiary/aromatic N) is 1. The molecule has 1 aromatic heterocycles. The van der Waals surface area contributed by atoms with Gasteiger partial charge in [-0.2, -0.15) is 0 Å². The van der Waals surface area contributed by atoms with Crippen molar-refractivity contribution in [3.63, 3.8) is 0 Å². The van der Waals surface area contributed by atoms with Crippen LogP contribution in [0.15, 0.2) is 18.2 Å². The highest BCUT2D eigenvalue weighted by Gasteiger charge is 2.09. The molecular weight excluding hydrogens is 274 g/mol. The lowest BCUT2D eigenvalue weighted by atomic mass is 10.2. The van der Waals surface area contributed by atoms with E-state index in [2.05, 4.69) is 14.7 Å². The zero-order valence-corrected chi connectivity index (χ0v) is 12.8. The summed E-state index contributed by atoms with van der Waals surface area (Å²) in [4.78, 5) is 7.67. The predicted molar refractivity (Wildman–Crippen MR) is 81.2 cm³/mol. The molecule has 2 rings (SSSR count). The van der Waals surface area contributed by atoms with Crippen LogP contribution < -0.4 is 4.72 Å². The monoisotopic (exact) mass is 295 g/mol. The minimum absolute atomic E-state index is 0.197. The molecule has 0 saturated carbocycles. The van der Waals surface area contributed by atoms with Crippen LogP contribution in [0.25, 0.3) is 11.0 Å². The van der Waals surface area contributed by atoms with E-state index in [4.69, 9.17) is 0 Å². The summed E-state index contributed by atoms with van der Waals surface area (Å²) >= 11 is 0. The second-order valence-corrected chi connectivity index (χ2v) is 6.95. The molecule has 0 saturated heterocycles. The van der Waals surface area contributed by atoms with Crippen LogP contribution in [0.4, 0.5) is 0 Å². The number of H-pyrrole nitrogens is 1. The van der Waals surface area contributed by atoms with Crippen LogP contribution in [0.1, 0.15) is 31.2 Å². The molecule has 5 nitrogen and oxygen atoms in total. The van der Waals surface area contributed by atoms with Gasteiger partial charge in [-0.1, -0.05) is 19.4 Å². The fraction of sp³-hybridized carbons (Fsp3) is 0.500. The van der Waals surface area contributed by atoms with E-state index in [9.17, 15) is 8.42 Å². The molecule has 20 heavy (non-hydrogen) atoms. The summed E-state index contributed by atoms with van der Waals surface area (Å²) in [5, 5.41) is 0. The third kappa shape index (κ3) is 4.05. The molecule has 0 radical (unpaired) electrons. The molecule has 6 heteroatoms. The highest BCUT2D eigenvalue weighted by Crippen LogP contribution is 2.13. The van der Waals surface area contributed by atoms with Crippen molar-refractivity contribution < 1.29 is 8.42 Å². The molecule has 2 N–H and O–H groups in total. The van der Waals surface area contributed by atoms with Crippen molar-refractivity contribution in [2.75, 3.05) is 12.3 Å². The van der Waals surface area contributed by atoms with Gasteiger partial charge in [0.2, 0.25) is 10.0 Å². The Bertz CT molecular complexity index is 677. The van der Waals surface area contributed by atoms with E-state index >= 15 is 0 Å². The Morgan fingerprint density at radius 1 is 1.35 bits per heavy atom. The van der Waals surface area contributed by atoms with E-state index in [1.54, 1.807) is 0 Å². The first-order valence-electron chi connectivity index (χ1n) is 6.93. The zero-order valence-electron chi connectivity index (χ0n) is 11.9. The number of aryl methyl sites for hydroxylation is 1. The summed E-state index contributed by atoms with van der Waals surface area (Å²) in [5.41, 5.74) is 3.08. The SMILES string of the molecule is CCCCS(=O)(=O)NCCc1nc2ccc(C)cc2[nH]1. The molecule has 0 aliphatic heterocycles. The van der Waals surface area contributed by atoms with Gasteiger partial charge in [0, 0.05) is 13.0 Å². The minimum atomic E-state index is -3.14. The number of fused-ring (bicyclic) bond motifs is 1. The van der Waals surface area contributed by atoms with Crippen LogP contribution in [0.2, 0.25) is 0 Å². The second-order valence-electron chi connectivity index (χ2n) is 5.02. The lowest BCUT2D eigenvalue weighted by Gasteiger charge is -2.04. The fourth-order valence-corrected chi connectivity index (χ4v) is 3.25. The van der Waals surface area contributed by atoms with Crippen molar-refractivity contribution in [1.29, 1.82) is 0 Å². The summed E-state index contributed by atoms with van der Waals surface area (Å²) in [6.07, 6.45) is 2.14. The maximum absolute atomic E-state index is 11.7. The molecule has 0 atom stereocenters. The summed E-state index contributed by atoms with van der Waals surface area (Å²) in [6.45, 7) is 4.39. The van der Waals surface area contributed by atoms with E-state index in [-0.39, 0.29) is 5.75 Å². The Morgan fingerprint density at radius 2 is 2.15 bits per heavy atom. The molecular formula is C14H21N3O2S. The summed E-state index contributed by atoms with van der Waals surface area (Å²) in [6, 6.07) is 6.02. The lowest BCUT2D eigenvalue weighted by Crippen LogP contribution is -2.28. The van der Waals surface area contributed by atoms with Crippen molar-refractivity contribution in [2.45, 2.75) is 33.1 Å². The zero-order chi connectivity index (χ0) is 14.6. The third-order valence-corrected chi connectivity index (χ3v) is 4.61. The predicted octanol–water partition coefficient (Wildman–Crippen LogP) is 2.13. The second kappa shape index (κ2) is 6.37. The first kappa shape index (κ1) is 15.0. The number of hydrogen-bond donors (Lipinski definition) is 2. The third-order valence-electron chi connectivity index (χ3n) is 3.14. The maximum Gasteiger partial charge on any atom is 0.211 e. The van der Waals surface area contributed by atoms with Crippen LogP contribution in [-0.4, -0.2) is 30.7 Å². The standard InChI is InChI=1S/C14H21N3O2S/c1-3-4-9-20(18,19)15-8-7-14-16-12-6-5-11(2)10-13(12)17-14/h5-6,10,15H,3-4,7-9H2,1-2H3,(H,16,17). The van der Waals surface area contributed by atoms with Crippen LogP contribution in [0, 0.1) is 6.92 Å². The van der Waals surface area contributed by atoms with E-state index in [1.165, 1.54) is 5.56 Å². The highest BCUT2D eigenvalue weighted by atomic mass is 32.2. The molecule has 110 valence electrons. The average molecular weight is 295 g/mol. The number of benzene rings is 1. The van der Waals surface area contributed by atoms with Gasteiger partial charge in [0.15, 0.2) is 0 Å². The van der Waals surface area contributed by atoms with Crippen molar-refractivity contribution in [2.24, 2.45) is 0 Å². The first-order valence-corrected chi connectivity index (χ1v) is 8.58. The lowest BCUT2D eigenvalue weighted by molar-refractivity contribution is 0.577. The number of hydrogen-bond acceptors (Lipinski definition) is 3. The quantitative estimate of drug-likeness (QED) is 0.821. The topological polar surface area (TPSA) is 74.8 Å². The number of nitrogens with one attached hydrogen (secondary N) is 2. The molecule has 1 aromatic carbocycles. The van der Waals surface area contributed by atoms with E-state index in [0.29, 0.717) is 19.4 Å². The van der Waals surface area contributed by atoms with Gasteiger partial charge in [0.1, 0.15) is 5.82 Å². The van der Waals surface area contributed by atoms with Crippen LogP contribution in [-0.2, 0) is 16.4 Å². The van der Waals surface area contributed by atoms with Crippen molar-refractivity contribution in [3.8, 4) is 0 Å². The van der Waals surface area contributed by atoms with Crippen LogP contribution in [0.5, 0.6) is 0 Å². The molecule has 0 aliphatic rings. The van der Waals surface area contributed by atoms with Gasteiger partial charge in [-0.25, -0.2) is 18.1 Å². The van der Waals surface area contributed by atoms with Crippen LogP contribution in [0.3, 0.4) is 0 Å². The molecule has 0 amide bonds. The summed E-state index contributed by atoms with van der Waals surface area (Å²) in [7, 11) is -3.14. The van der Waals surface area contributed by atoms with Crippen molar-refractivity contribution in [3.05, 3.63) is 29.6 Å². The van der Waals surface area contributed by atoms with Gasteiger partial charge in [0.25, 0.3) is 0 Å². The molecule has 2 aromatic rings. The Morgan fingerprint density at radius 3 is 2.90 bits per heavy atom. The van der Waals surface area contributed by atoms with E-state index in [1.807, 2.05) is 32.0 Å². The Hall–Kier alpha value is -1.40. The minimum Gasteiger partial charge on any atom is -0.342 e. The number of rotatable bonds is 7. The van der Waals surface area contributed by atoms with Crippen molar-refractivity contribution in [1.82, 2.24) is 14.7 Å². The van der Waals surface area contributed by atoms with E-state index < -0.39 is 10.0 Å². The molecule has 0 fully saturated rings. The number of aromatic nitrogens is 2. The van der Waals surface area contributed by atoms with Gasteiger partial charge < -0.3 is 4.98 Å². The van der Waals surface area contributed by atoms with Gasteiger partial charge in [0.05, 0.1) is 16.8 Å². The number of aromatic amines is 1. The number of sulfonamides is 1. The molecule has 0 unspecified atom stereocenters. The van der Waals surface area contributed by atoms with Crippen LogP contribution >= 0.6 is 0 Å². The van der Waals surface area contributed by atoms with Gasteiger partial charge in [-0.3, -0.25) is 0 Å². The molecule has 0 bridgehead atoms. The van der Waals surface area contributed by atoms with E-state index in [0.717, 1.165) is 23.3 Å². The molecule has 0 aliphatic carbocycles. The maximum atomic E-state index is 11.7. The van der Waals surface area contributed by atoms with Gasteiger partial charge in [-0.05, 0) is 31.0 Å². The molecule has 1 heterocycles. The largest absolute Gasteiger partial charge is 0.342 e. The molecule has 0 spiro atoms. The Balaban J connectivity index is 1.93. The summed E-state index contributed by atoms with van der Waals surface area (Å²) < 4.78 is 25.9. The Labute approximate surface area is 119 Å². The smallest absolute Gasteiger partial charge is 0.211 e.